The van der Waals surface area contributed by atoms with E-state index in [0.29, 0.717) is 54.6 Å². The smallest absolute Gasteiger partial charge is 0.308 e. The van der Waals surface area contributed by atoms with Gasteiger partial charge in [-0.15, -0.1) is 0 Å². The van der Waals surface area contributed by atoms with Gasteiger partial charge in [0.15, 0.2) is 14.3 Å². The molecule has 0 aromatic heterocycles. The highest BCUT2D eigenvalue weighted by atomic mass is 31.2. The lowest BCUT2D eigenvalue weighted by Gasteiger charge is -2.46. The minimum Gasteiger partial charge on any atom is -0.308 e. The zero-order valence-electron chi connectivity index (χ0n) is 22.2. The summed E-state index contributed by atoms with van der Waals surface area (Å²) in [6.45, 7) is 0. The number of hydrogen-bond donors (Lipinski definition) is 0. The lowest BCUT2D eigenvalue weighted by molar-refractivity contribution is 0.255. The van der Waals surface area contributed by atoms with Crippen LogP contribution in [-0.4, -0.2) is 6.03 Å². The van der Waals surface area contributed by atoms with Crippen LogP contribution in [0.1, 0.15) is 0 Å². The third-order valence-corrected chi connectivity index (χ3v) is 15.0. The molecule has 42 heavy (non-hydrogen) atoms. The van der Waals surface area contributed by atoms with Gasteiger partial charge in [-0.3, -0.25) is 9.80 Å². The highest BCUT2D eigenvalue weighted by molar-refractivity contribution is 7.86. The molecule has 2 atom stereocenters. The Labute approximate surface area is 242 Å². The van der Waals surface area contributed by atoms with Crippen molar-refractivity contribution in [3.8, 4) is 0 Å². The first-order valence-corrected chi connectivity index (χ1v) is 17.2. The van der Waals surface area contributed by atoms with E-state index in [9.17, 15) is 4.79 Å². The number of hydrogen-bond acceptors (Lipinski definition) is 3. The number of para-hydroxylation sites is 2. The molecule has 7 heteroatoms. The molecule has 0 N–H and O–H groups in total. The van der Waals surface area contributed by atoms with Gasteiger partial charge in [-0.25, -0.2) is 4.79 Å². The molecule has 6 aromatic carbocycles. The van der Waals surface area contributed by atoms with Crippen LogP contribution in [0.4, 0.5) is 27.5 Å². The fraction of sp³-hybridized carbons (Fsp3) is 0. The second-order valence-corrected chi connectivity index (χ2v) is 16.2. The van der Waals surface area contributed by atoms with E-state index < -0.39 is 14.3 Å². The average Bonchev–Trinajstić information content (AvgIpc) is 3.05. The van der Waals surface area contributed by atoms with Crippen LogP contribution in [0.5, 0.6) is 0 Å². The molecule has 0 aliphatic carbocycles. The molecule has 0 radical (unpaired) electrons. The molecule has 3 heterocycles. The molecule has 2 amide bonds. The first-order chi connectivity index (χ1) is 20.5. The van der Waals surface area contributed by atoms with Gasteiger partial charge in [0.2, 0.25) is 0 Å². The fourth-order valence-corrected chi connectivity index (χ4v) is 13.0. The van der Waals surface area contributed by atoms with Crippen LogP contribution in [-0.2, 0) is 9.13 Å². The Hall–Kier alpha value is -4.69. The molecule has 3 aliphatic heterocycles. The second-order valence-electron chi connectivity index (χ2n) is 10.8. The van der Waals surface area contributed by atoms with Gasteiger partial charge < -0.3 is 9.13 Å². The van der Waals surface area contributed by atoms with Gasteiger partial charge in [0.25, 0.3) is 0 Å². The molecule has 0 saturated carbocycles. The summed E-state index contributed by atoms with van der Waals surface area (Å²) in [5.41, 5.74) is 2.46. The van der Waals surface area contributed by atoms with E-state index >= 15 is 9.13 Å². The fourth-order valence-electron chi connectivity index (χ4n) is 6.99. The zero-order valence-corrected chi connectivity index (χ0v) is 24.0. The zero-order chi connectivity index (χ0) is 28.2. The Bertz CT molecular complexity index is 2090. The maximum Gasteiger partial charge on any atom is 0.338 e. The Morgan fingerprint density at radius 2 is 0.833 bits per heavy atom. The molecule has 0 unspecified atom stereocenters. The van der Waals surface area contributed by atoms with Crippen molar-refractivity contribution in [2.75, 3.05) is 9.80 Å². The summed E-state index contributed by atoms with van der Waals surface area (Å²) in [6, 6.07) is 41.6. The number of anilines is 4. The van der Waals surface area contributed by atoms with Crippen molar-refractivity contribution in [3.63, 3.8) is 0 Å². The van der Waals surface area contributed by atoms with Gasteiger partial charge in [0, 0.05) is 37.2 Å². The van der Waals surface area contributed by atoms with Crippen LogP contribution in [0, 0.1) is 0 Å². The lowest BCUT2D eigenvalue weighted by atomic mass is 10.0. The number of carbonyl (C=O) groups excluding carboxylic acids is 1. The molecule has 0 fully saturated rings. The summed E-state index contributed by atoms with van der Waals surface area (Å²) in [5.74, 6) is 0. The SMILES string of the molecule is O=C1N2c3ccccc3[P@](=O)(c3ccccc3)c3ccc4ccc5c(c4c32)N1c1ccccc1[P@]5(=O)c1ccccc1. The van der Waals surface area contributed by atoms with E-state index in [4.69, 9.17) is 0 Å². The number of carbonyl (C=O) groups is 1. The Morgan fingerprint density at radius 3 is 1.29 bits per heavy atom. The van der Waals surface area contributed by atoms with Gasteiger partial charge in [-0.2, -0.15) is 0 Å². The van der Waals surface area contributed by atoms with Crippen LogP contribution >= 0.6 is 14.3 Å². The summed E-state index contributed by atoms with van der Waals surface area (Å²) in [5, 5.41) is 5.63. The van der Waals surface area contributed by atoms with E-state index in [-0.39, 0.29) is 6.03 Å². The molecule has 3 aliphatic rings. The van der Waals surface area contributed by atoms with E-state index in [2.05, 4.69) is 0 Å². The predicted molar refractivity (Wildman–Crippen MR) is 172 cm³/mol. The number of rotatable bonds is 2. The quantitative estimate of drug-likeness (QED) is 0.231. The Morgan fingerprint density at radius 1 is 0.429 bits per heavy atom. The lowest BCUT2D eigenvalue weighted by Crippen LogP contribution is -2.52. The van der Waals surface area contributed by atoms with Crippen molar-refractivity contribution in [3.05, 3.63) is 133 Å². The topological polar surface area (TPSA) is 57.7 Å². The Kier molecular flexibility index (Phi) is 4.68. The minimum atomic E-state index is -3.36. The van der Waals surface area contributed by atoms with Crippen LogP contribution < -0.4 is 41.6 Å². The molecule has 0 spiro atoms. The summed E-state index contributed by atoms with van der Waals surface area (Å²) in [6.07, 6.45) is 0. The van der Waals surface area contributed by atoms with Crippen molar-refractivity contribution < 1.29 is 13.9 Å². The number of nitrogens with zero attached hydrogens (tertiary/aromatic N) is 2. The van der Waals surface area contributed by atoms with Crippen LogP contribution in [0.25, 0.3) is 10.8 Å². The number of fused-ring (bicyclic) bond motifs is 4. The largest absolute Gasteiger partial charge is 0.338 e. The van der Waals surface area contributed by atoms with Gasteiger partial charge >= 0.3 is 6.03 Å². The summed E-state index contributed by atoms with van der Waals surface area (Å²) in [4.78, 5) is 18.3. The minimum absolute atomic E-state index is 0.276. The number of benzene rings is 6. The van der Waals surface area contributed by atoms with Gasteiger partial charge in [-0.05, 0) is 41.8 Å². The van der Waals surface area contributed by atoms with E-state index in [1.165, 1.54) is 0 Å². The van der Waals surface area contributed by atoms with E-state index in [1.807, 2.05) is 133 Å². The van der Waals surface area contributed by atoms with Crippen molar-refractivity contribution in [2.24, 2.45) is 0 Å². The third kappa shape index (κ3) is 2.73. The molecule has 0 bridgehead atoms. The first-order valence-electron chi connectivity index (χ1n) is 13.8. The number of urea groups is 1. The highest BCUT2D eigenvalue weighted by Gasteiger charge is 2.51. The van der Waals surface area contributed by atoms with E-state index in [1.54, 1.807) is 9.80 Å². The molecule has 6 aromatic rings. The molecule has 200 valence electrons. The first kappa shape index (κ1) is 24.0. The van der Waals surface area contributed by atoms with Gasteiger partial charge in [0.05, 0.1) is 22.7 Å². The molecular weight excluding hydrogens is 558 g/mol. The molecule has 0 saturated heterocycles. The van der Waals surface area contributed by atoms with Crippen molar-refractivity contribution in [1.82, 2.24) is 0 Å². The van der Waals surface area contributed by atoms with Gasteiger partial charge in [0.1, 0.15) is 0 Å². The van der Waals surface area contributed by atoms with Crippen LogP contribution in [0.15, 0.2) is 133 Å². The van der Waals surface area contributed by atoms with Crippen LogP contribution in [0.2, 0.25) is 0 Å². The molecule has 9 rings (SSSR count). The van der Waals surface area contributed by atoms with Crippen molar-refractivity contribution in [1.29, 1.82) is 0 Å². The second kappa shape index (κ2) is 8.20. The summed E-state index contributed by atoms with van der Waals surface area (Å²) < 4.78 is 31.0. The maximum absolute atomic E-state index is 15.5. The summed E-state index contributed by atoms with van der Waals surface area (Å²) >= 11 is 0. The third-order valence-electron chi connectivity index (χ3n) is 8.76. The van der Waals surface area contributed by atoms with Crippen LogP contribution in [0.3, 0.4) is 0 Å². The standard InChI is InChI=1S/C35H22N2O3P2/c38-35-36-26-15-7-9-17-28(26)41(39,24-11-3-1-4-12-24)30-21-19-23-20-22-31-34(32(23)33(30)36)37(35)27-16-8-10-18-29(27)42(31,40)25-13-5-2-6-14-25/h1-22H/t41-,42-/m1/s1. The maximum atomic E-state index is 15.5. The molecule has 5 nitrogen and oxygen atoms in total. The van der Waals surface area contributed by atoms with Crippen molar-refractivity contribution >= 4 is 85.7 Å². The Balaban J connectivity index is 1.49. The monoisotopic (exact) mass is 580 g/mol. The normalized spacial score (nSPS) is 21.2. The number of amides is 2. The predicted octanol–water partition coefficient (Wildman–Crippen LogP) is 6.16. The summed E-state index contributed by atoms with van der Waals surface area (Å²) in [7, 11) is -6.73. The average molecular weight is 581 g/mol. The highest BCUT2D eigenvalue weighted by Crippen LogP contribution is 2.61. The van der Waals surface area contributed by atoms with Crippen molar-refractivity contribution in [2.45, 2.75) is 0 Å². The van der Waals surface area contributed by atoms with E-state index in [0.717, 1.165) is 10.8 Å². The van der Waals surface area contributed by atoms with Gasteiger partial charge in [-0.1, -0.05) is 97.1 Å². The molecular formula is C35H22N2O3P2.